The highest BCUT2D eigenvalue weighted by Crippen LogP contribution is 2.35. The Hall–Kier alpha value is -2.23. The van der Waals surface area contributed by atoms with Gasteiger partial charge in [-0.3, -0.25) is 18.9 Å². The van der Waals surface area contributed by atoms with Crippen molar-refractivity contribution in [1.82, 2.24) is 14.3 Å². The molecule has 0 aromatic carbocycles. The number of carbonyl (C=O) groups excluding carboxylic acids is 1. The number of anilines is 1. The van der Waals surface area contributed by atoms with Crippen molar-refractivity contribution in [2.45, 2.75) is 26.3 Å². The third kappa shape index (κ3) is 3.70. The Kier molecular flexibility index (Phi) is 5.71. The Morgan fingerprint density at radius 2 is 2.07 bits per heavy atom. The highest BCUT2D eigenvalue weighted by Gasteiger charge is 2.35. The fraction of sp³-hybridized carbons (Fsp3) is 0.400. The van der Waals surface area contributed by atoms with Crippen LogP contribution in [0.2, 0.25) is 0 Å². The lowest BCUT2D eigenvalue weighted by Gasteiger charge is -2.29. The Balaban J connectivity index is 1.85. The van der Waals surface area contributed by atoms with Crippen molar-refractivity contribution in [3.05, 3.63) is 45.2 Å². The molecule has 4 rings (SSSR count). The van der Waals surface area contributed by atoms with E-state index in [-0.39, 0.29) is 17.5 Å². The number of hydrogen-bond acceptors (Lipinski definition) is 7. The number of pyridine rings is 1. The van der Waals surface area contributed by atoms with E-state index in [1.807, 2.05) is 24.8 Å². The van der Waals surface area contributed by atoms with Gasteiger partial charge < -0.3 is 9.64 Å². The molecular weight excluding hydrogens is 408 g/mol. The van der Waals surface area contributed by atoms with E-state index >= 15 is 0 Å². The molecule has 0 aliphatic carbocycles. The zero-order valence-corrected chi connectivity index (χ0v) is 18.0. The maximum atomic E-state index is 13.3. The fourth-order valence-electron chi connectivity index (χ4n) is 3.41. The number of rotatable bonds is 4. The molecule has 152 valence electrons. The summed E-state index contributed by atoms with van der Waals surface area (Å²) < 4.78 is 7.48. The van der Waals surface area contributed by atoms with Gasteiger partial charge in [0.25, 0.3) is 11.5 Å². The van der Waals surface area contributed by atoms with E-state index in [1.165, 1.54) is 16.2 Å². The molecule has 1 atom stereocenters. The first-order valence-corrected chi connectivity index (χ1v) is 10.8. The van der Waals surface area contributed by atoms with E-state index in [0.717, 1.165) is 6.42 Å². The van der Waals surface area contributed by atoms with Crippen LogP contribution in [0.15, 0.2) is 34.1 Å². The number of thioether (sulfide) groups is 1. The number of aromatic nitrogens is 2. The summed E-state index contributed by atoms with van der Waals surface area (Å²) in [5, 5.41) is 0. The van der Waals surface area contributed by atoms with Crippen LogP contribution in [0.3, 0.4) is 0 Å². The molecule has 9 heteroatoms. The standard InChI is InChI=1S/C20H22N4O3S2/c1-3-13(2)24-19(26)15(29-20(24)28)12-14-17(22-8-10-27-11-9-22)21-16-6-4-5-7-23(16)18(14)25/h4-7,12-13H,3,8-11H2,1-2H3/b15-12-. The second kappa shape index (κ2) is 8.25. The minimum absolute atomic E-state index is 0.0166. The van der Waals surface area contributed by atoms with Crippen LogP contribution in [-0.4, -0.2) is 56.9 Å². The molecule has 2 aliphatic rings. The van der Waals surface area contributed by atoms with E-state index in [2.05, 4.69) is 0 Å². The number of nitrogens with zero attached hydrogens (tertiary/aromatic N) is 4. The van der Waals surface area contributed by atoms with Crippen molar-refractivity contribution in [3.63, 3.8) is 0 Å². The summed E-state index contributed by atoms with van der Waals surface area (Å²) in [5.74, 6) is 0.429. The van der Waals surface area contributed by atoms with Crippen LogP contribution in [-0.2, 0) is 9.53 Å². The first-order chi connectivity index (χ1) is 14.0. The molecule has 2 aliphatic heterocycles. The lowest BCUT2D eigenvalue weighted by molar-refractivity contribution is -0.123. The summed E-state index contributed by atoms with van der Waals surface area (Å²) in [4.78, 5) is 35.1. The molecule has 0 saturated carbocycles. The monoisotopic (exact) mass is 430 g/mol. The Labute approximate surface area is 178 Å². The fourth-order valence-corrected chi connectivity index (χ4v) is 4.85. The van der Waals surface area contributed by atoms with Crippen LogP contribution >= 0.6 is 24.0 Å². The topological polar surface area (TPSA) is 67.2 Å². The van der Waals surface area contributed by atoms with Gasteiger partial charge in [-0.25, -0.2) is 4.98 Å². The minimum atomic E-state index is -0.203. The van der Waals surface area contributed by atoms with Crippen molar-refractivity contribution in [2.24, 2.45) is 0 Å². The minimum Gasteiger partial charge on any atom is -0.378 e. The Morgan fingerprint density at radius 1 is 1.31 bits per heavy atom. The summed E-state index contributed by atoms with van der Waals surface area (Å²) in [6, 6.07) is 5.46. The van der Waals surface area contributed by atoms with Gasteiger partial charge in [0.15, 0.2) is 0 Å². The predicted molar refractivity (Wildman–Crippen MR) is 119 cm³/mol. The van der Waals surface area contributed by atoms with E-state index in [0.29, 0.717) is 52.6 Å². The molecule has 2 aromatic rings. The quantitative estimate of drug-likeness (QED) is 0.545. The largest absolute Gasteiger partial charge is 0.378 e. The Morgan fingerprint density at radius 3 is 2.79 bits per heavy atom. The number of morpholine rings is 1. The summed E-state index contributed by atoms with van der Waals surface area (Å²) in [5.41, 5.74) is 0.773. The van der Waals surface area contributed by atoms with Gasteiger partial charge in [0.05, 0.1) is 23.7 Å². The summed E-state index contributed by atoms with van der Waals surface area (Å²) in [7, 11) is 0. The summed E-state index contributed by atoms with van der Waals surface area (Å²) >= 11 is 6.66. The zero-order valence-electron chi connectivity index (χ0n) is 16.3. The third-order valence-corrected chi connectivity index (χ3v) is 6.52. The second-order valence-corrected chi connectivity index (χ2v) is 8.67. The van der Waals surface area contributed by atoms with Crippen LogP contribution in [0.1, 0.15) is 25.8 Å². The molecule has 0 spiro atoms. The molecule has 29 heavy (non-hydrogen) atoms. The van der Waals surface area contributed by atoms with Crippen LogP contribution in [0.4, 0.5) is 5.82 Å². The van der Waals surface area contributed by atoms with Gasteiger partial charge in [-0.15, -0.1) is 0 Å². The second-order valence-electron chi connectivity index (χ2n) is 6.99. The average Bonchev–Trinajstić information content (AvgIpc) is 3.03. The van der Waals surface area contributed by atoms with Gasteiger partial charge in [0, 0.05) is 25.3 Å². The maximum Gasteiger partial charge on any atom is 0.267 e. The molecule has 2 saturated heterocycles. The molecule has 1 amide bonds. The van der Waals surface area contributed by atoms with Crippen molar-refractivity contribution in [3.8, 4) is 0 Å². The molecule has 0 bridgehead atoms. The SMILES string of the molecule is CCC(C)N1C(=O)/C(=C/c2c(N3CCOCC3)nc3ccccn3c2=O)SC1=S. The first kappa shape index (κ1) is 20.1. The molecule has 1 unspecified atom stereocenters. The van der Waals surface area contributed by atoms with Gasteiger partial charge >= 0.3 is 0 Å². The van der Waals surface area contributed by atoms with Gasteiger partial charge in [-0.05, 0) is 31.6 Å². The first-order valence-electron chi connectivity index (χ1n) is 9.62. The van der Waals surface area contributed by atoms with Crippen LogP contribution in [0.25, 0.3) is 11.7 Å². The maximum absolute atomic E-state index is 13.3. The molecular formula is C20H22N4O3S2. The summed E-state index contributed by atoms with van der Waals surface area (Å²) in [6.07, 6.45) is 4.15. The van der Waals surface area contributed by atoms with Gasteiger partial charge in [-0.2, -0.15) is 0 Å². The highest BCUT2D eigenvalue weighted by atomic mass is 32.2. The number of fused-ring (bicyclic) bond motifs is 1. The lowest BCUT2D eigenvalue weighted by atomic mass is 10.2. The van der Waals surface area contributed by atoms with Crippen molar-refractivity contribution < 1.29 is 9.53 Å². The third-order valence-electron chi connectivity index (χ3n) is 5.19. The van der Waals surface area contributed by atoms with Gasteiger partial charge in [0.1, 0.15) is 15.8 Å². The smallest absolute Gasteiger partial charge is 0.267 e. The number of thiocarbonyl (C=S) groups is 1. The summed E-state index contributed by atoms with van der Waals surface area (Å²) in [6.45, 7) is 6.42. The molecule has 7 nitrogen and oxygen atoms in total. The van der Waals surface area contributed by atoms with Gasteiger partial charge in [0.2, 0.25) is 0 Å². The van der Waals surface area contributed by atoms with Gasteiger partial charge in [-0.1, -0.05) is 37.0 Å². The van der Waals surface area contributed by atoms with E-state index in [1.54, 1.807) is 29.3 Å². The predicted octanol–water partition coefficient (Wildman–Crippen LogP) is 2.53. The van der Waals surface area contributed by atoms with Crippen LogP contribution < -0.4 is 10.5 Å². The molecule has 0 radical (unpaired) electrons. The zero-order chi connectivity index (χ0) is 20.5. The lowest BCUT2D eigenvalue weighted by Crippen LogP contribution is -2.38. The molecule has 0 N–H and O–H groups in total. The van der Waals surface area contributed by atoms with Crippen molar-refractivity contribution >= 4 is 51.7 Å². The number of hydrogen-bond donors (Lipinski definition) is 0. The normalized spacial score (nSPS) is 20.1. The van der Waals surface area contributed by atoms with Crippen LogP contribution in [0.5, 0.6) is 0 Å². The van der Waals surface area contributed by atoms with E-state index in [4.69, 9.17) is 21.9 Å². The molecule has 2 aromatic heterocycles. The average molecular weight is 431 g/mol. The number of ether oxygens (including phenoxy) is 1. The highest BCUT2D eigenvalue weighted by molar-refractivity contribution is 8.26. The molecule has 4 heterocycles. The number of carbonyl (C=O) groups is 1. The molecule has 2 fully saturated rings. The van der Waals surface area contributed by atoms with Crippen molar-refractivity contribution in [2.75, 3.05) is 31.2 Å². The van der Waals surface area contributed by atoms with Crippen LogP contribution in [0, 0.1) is 0 Å². The Bertz CT molecular complexity index is 1060. The van der Waals surface area contributed by atoms with E-state index in [9.17, 15) is 9.59 Å². The van der Waals surface area contributed by atoms with E-state index < -0.39 is 0 Å². The number of amides is 1. The van der Waals surface area contributed by atoms with Crippen molar-refractivity contribution in [1.29, 1.82) is 0 Å².